The number of aromatic nitrogens is 1. The standard InChI is InChI=1S/C12H7ClF3NO2/c13-11-10(8(18)5-9(19)17-11)6-1-3-7(4-2-6)12(14,15)16/h1-5H,(H2,17,18,19). The number of hydrogen-bond acceptors (Lipinski definition) is 2. The van der Waals surface area contributed by atoms with Gasteiger partial charge in [0, 0.05) is 6.07 Å². The molecule has 0 saturated carbocycles. The third kappa shape index (κ3) is 2.73. The molecule has 0 bridgehead atoms. The molecule has 0 aliphatic heterocycles. The first-order chi connectivity index (χ1) is 8.79. The molecule has 3 nitrogen and oxygen atoms in total. The molecule has 2 aromatic rings. The third-order valence-corrected chi connectivity index (χ3v) is 2.76. The number of pyridine rings is 1. The minimum atomic E-state index is -4.44. The van der Waals surface area contributed by atoms with Crippen LogP contribution in [-0.2, 0) is 6.18 Å². The first kappa shape index (κ1) is 13.5. The van der Waals surface area contributed by atoms with Crippen molar-refractivity contribution in [3.8, 4) is 16.9 Å². The second kappa shape index (κ2) is 4.62. The lowest BCUT2D eigenvalue weighted by Gasteiger charge is -2.09. The van der Waals surface area contributed by atoms with Gasteiger partial charge < -0.3 is 10.1 Å². The molecule has 1 aromatic heterocycles. The smallest absolute Gasteiger partial charge is 0.416 e. The van der Waals surface area contributed by atoms with Crippen LogP contribution in [0.3, 0.4) is 0 Å². The van der Waals surface area contributed by atoms with Gasteiger partial charge in [0.25, 0.3) is 5.56 Å². The first-order valence-electron chi connectivity index (χ1n) is 5.08. The lowest BCUT2D eigenvalue weighted by Crippen LogP contribution is -2.05. The van der Waals surface area contributed by atoms with Gasteiger partial charge in [-0.15, -0.1) is 0 Å². The highest BCUT2D eigenvalue weighted by Gasteiger charge is 2.30. The second-order valence-electron chi connectivity index (χ2n) is 3.78. The minimum absolute atomic E-state index is 0.0787. The molecule has 0 atom stereocenters. The fraction of sp³-hybridized carbons (Fsp3) is 0.0833. The molecule has 1 aromatic carbocycles. The number of halogens is 4. The first-order valence-corrected chi connectivity index (χ1v) is 5.46. The number of H-pyrrole nitrogens is 1. The van der Waals surface area contributed by atoms with E-state index in [1.54, 1.807) is 0 Å². The van der Waals surface area contributed by atoms with Gasteiger partial charge >= 0.3 is 6.18 Å². The molecule has 19 heavy (non-hydrogen) atoms. The largest absolute Gasteiger partial charge is 0.507 e. The quantitative estimate of drug-likeness (QED) is 0.790. The van der Waals surface area contributed by atoms with Crippen LogP contribution in [0.4, 0.5) is 13.2 Å². The van der Waals surface area contributed by atoms with Crippen molar-refractivity contribution in [1.29, 1.82) is 0 Å². The van der Waals surface area contributed by atoms with Gasteiger partial charge in [0.05, 0.1) is 11.1 Å². The summed E-state index contributed by atoms with van der Waals surface area (Å²) in [6.45, 7) is 0. The Balaban J connectivity index is 2.52. The van der Waals surface area contributed by atoms with Crippen molar-refractivity contribution in [3.05, 3.63) is 51.4 Å². The Labute approximate surface area is 110 Å². The van der Waals surface area contributed by atoms with E-state index in [9.17, 15) is 23.1 Å². The van der Waals surface area contributed by atoms with E-state index >= 15 is 0 Å². The zero-order valence-corrected chi connectivity index (χ0v) is 10.0. The molecule has 0 fully saturated rings. The molecule has 2 rings (SSSR count). The number of rotatable bonds is 1. The summed E-state index contributed by atoms with van der Waals surface area (Å²) in [4.78, 5) is 13.3. The Morgan fingerprint density at radius 1 is 1.16 bits per heavy atom. The Morgan fingerprint density at radius 3 is 2.21 bits per heavy atom. The summed E-state index contributed by atoms with van der Waals surface area (Å²) < 4.78 is 37.2. The summed E-state index contributed by atoms with van der Waals surface area (Å²) in [5.74, 6) is -0.395. The van der Waals surface area contributed by atoms with Crippen LogP contribution in [0.1, 0.15) is 5.56 Å². The number of aromatic hydroxyl groups is 1. The molecule has 0 aliphatic carbocycles. The van der Waals surface area contributed by atoms with Gasteiger partial charge in [-0.3, -0.25) is 4.79 Å². The van der Waals surface area contributed by atoms with Gasteiger partial charge in [-0.1, -0.05) is 23.7 Å². The van der Waals surface area contributed by atoms with Crippen LogP contribution in [0.15, 0.2) is 35.1 Å². The molecule has 0 amide bonds. The topological polar surface area (TPSA) is 53.1 Å². The number of hydrogen-bond donors (Lipinski definition) is 2. The van der Waals surface area contributed by atoms with E-state index in [0.717, 1.165) is 18.2 Å². The Morgan fingerprint density at radius 2 is 1.74 bits per heavy atom. The third-order valence-electron chi connectivity index (χ3n) is 2.48. The number of aromatic amines is 1. The lowest BCUT2D eigenvalue weighted by molar-refractivity contribution is -0.137. The molecule has 100 valence electrons. The SMILES string of the molecule is O=c1cc(O)c(-c2ccc(C(F)(F)F)cc2)c(Cl)[nH]1. The number of benzene rings is 1. The minimum Gasteiger partial charge on any atom is -0.507 e. The molecular weight excluding hydrogens is 283 g/mol. The van der Waals surface area contributed by atoms with E-state index in [1.165, 1.54) is 12.1 Å². The molecule has 0 saturated heterocycles. The van der Waals surface area contributed by atoms with Crippen molar-refractivity contribution >= 4 is 11.6 Å². The Bertz CT molecular complexity index is 636. The van der Waals surface area contributed by atoms with E-state index in [4.69, 9.17) is 11.6 Å². The van der Waals surface area contributed by atoms with Crippen molar-refractivity contribution in [2.24, 2.45) is 0 Å². The van der Waals surface area contributed by atoms with Crippen molar-refractivity contribution < 1.29 is 18.3 Å². The lowest BCUT2D eigenvalue weighted by atomic mass is 10.0. The molecule has 0 aliphatic rings. The van der Waals surface area contributed by atoms with Gasteiger partial charge in [0.1, 0.15) is 10.9 Å². The monoisotopic (exact) mass is 289 g/mol. The van der Waals surface area contributed by atoms with Gasteiger partial charge in [0.15, 0.2) is 0 Å². The molecule has 0 spiro atoms. The average Bonchev–Trinajstić information content (AvgIpc) is 2.27. The van der Waals surface area contributed by atoms with Crippen molar-refractivity contribution in [1.82, 2.24) is 4.98 Å². The van der Waals surface area contributed by atoms with E-state index in [0.29, 0.717) is 0 Å². The predicted molar refractivity (Wildman–Crippen MR) is 64.2 cm³/mol. The van der Waals surface area contributed by atoms with Crippen molar-refractivity contribution in [3.63, 3.8) is 0 Å². The van der Waals surface area contributed by atoms with E-state index in [-0.39, 0.29) is 16.3 Å². The number of nitrogens with one attached hydrogen (secondary N) is 1. The second-order valence-corrected chi connectivity index (χ2v) is 4.16. The average molecular weight is 290 g/mol. The Hall–Kier alpha value is -1.95. The molecular formula is C12H7ClF3NO2. The summed E-state index contributed by atoms with van der Waals surface area (Å²) in [6.07, 6.45) is -4.44. The Kier molecular flexibility index (Phi) is 3.28. The van der Waals surface area contributed by atoms with E-state index in [2.05, 4.69) is 4.98 Å². The van der Waals surface area contributed by atoms with Crippen LogP contribution in [-0.4, -0.2) is 10.1 Å². The maximum atomic E-state index is 12.4. The van der Waals surface area contributed by atoms with Crippen LogP contribution in [0, 0.1) is 0 Å². The highest BCUT2D eigenvalue weighted by atomic mass is 35.5. The van der Waals surface area contributed by atoms with Crippen LogP contribution >= 0.6 is 11.6 Å². The molecule has 0 unspecified atom stereocenters. The summed E-state index contributed by atoms with van der Waals surface area (Å²) in [5.41, 5.74) is -1.06. The molecule has 1 heterocycles. The highest BCUT2D eigenvalue weighted by Crippen LogP contribution is 2.35. The van der Waals surface area contributed by atoms with Crippen molar-refractivity contribution in [2.75, 3.05) is 0 Å². The molecule has 0 radical (unpaired) electrons. The van der Waals surface area contributed by atoms with Crippen LogP contribution in [0.25, 0.3) is 11.1 Å². The zero-order chi connectivity index (χ0) is 14.2. The summed E-state index contributed by atoms with van der Waals surface area (Å²) in [7, 11) is 0. The fourth-order valence-corrected chi connectivity index (χ4v) is 1.92. The van der Waals surface area contributed by atoms with E-state index in [1.807, 2.05) is 0 Å². The highest BCUT2D eigenvalue weighted by molar-refractivity contribution is 6.32. The molecule has 2 N–H and O–H groups in total. The van der Waals surface area contributed by atoms with E-state index < -0.39 is 23.0 Å². The number of alkyl halides is 3. The van der Waals surface area contributed by atoms with Crippen molar-refractivity contribution in [2.45, 2.75) is 6.18 Å². The summed E-state index contributed by atoms with van der Waals surface area (Å²) in [5, 5.41) is 9.49. The maximum Gasteiger partial charge on any atom is 0.416 e. The predicted octanol–water partition coefficient (Wildman–Crippen LogP) is 3.42. The van der Waals surface area contributed by atoms with Gasteiger partial charge in [-0.05, 0) is 17.7 Å². The van der Waals surface area contributed by atoms with Crippen LogP contribution in [0.5, 0.6) is 5.75 Å². The van der Waals surface area contributed by atoms with Gasteiger partial charge in [0.2, 0.25) is 0 Å². The zero-order valence-electron chi connectivity index (χ0n) is 9.25. The fourth-order valence-electron chi connectivity index (χ4n) is 1.62. The van der Waals surface area contributed by atoms with Gasteiger partial charge in [-0.25, -0.2) is 0 Å². The van der Waals surface area contributed by atoms with Gasteiger partial charge in [-0.2, -0.15) is 13.2 Å². The maximum absolute atomic E-state index is 12.4. The summed E-state index contributed by atoms with van der Waals surface area (Å²) >= 11 is 5.76. The van der Waals surface area contributed by atoms with Crippen LogP contribution < -0.4 is 5.56 Å². The van der Waals surface area contributed by atoms with Crippen LogP contribution in [0.2, 0.25) is 5.15 Å². The summed E-state index contributed by atoms with van der Waals surface area (Å²) in [6, 6.07) is 4.98. The normalized spacial score (nSPS) is 11.6. The molecule has 7 heteroatoms.